The molecule has 0 unspecified atom stereocenters. The van der Waals surface area contributed by atoms with Gasteiger partial charge >= 0.3 is 132 Å². The molecule has 1 saturated heterocycles. The Hall–Kier alpha value is -0.410. The zero-order valence-electron chi connectivity index (χ0n) is 11.5. The van der Waals surface area contributed by atoms with E-state index in [9.17, 15) is 16.1 Å². The van der Waals surface area contributed by atoms with Crippen LogP contribution in [0.4, 0.5) is 0 Å². The van der Waals surface area contributed by atoms with Crippen LogP contribution in [0.5, 0.6) is 0 Å². The van der Waals surface area contributed by atoms with E-state index in [1.807, 2.05) is 12.2 Å². The number of alkyl halides is 1. The number of allylic oxidation sites excluding steroid dienone is 1. The zero-order chi connectivity index (χ0) is 15.3. The Morgan fingerprint density at radius 3 is 2.86 bits per heavy atom. The summed E-state index contributed by atoms with van der Waals surface area (Å²) in [6, 6.07) is -0.592. The van der Waals surface area contributed by atoms with Crippen LogP contribution in [-0.2, 0) is 11.0 Å². The summed E-state index contributed by atoms with van der Waals surface area (Å²) >= 11 is 0.605. The van der Waals surface area contributed by atoms with Gasteiger partial charge in [0.1, 0.15) is 0 Å². The van der Waals surface area contributed by atoms with Crippen LogP contribution >= 0.6 is 11.6 Å². The third-order valence-electron chi connectivity index (χ3n) is 4.73. The Bertz CT molecular complexity index is 627. The second-order valence-electron chi connectivity index (χ2n) is 5.84. The molecule has 3 rings (SSSR count). The van der Waals surface area contributed by atoms with Crippen LogP contribution in [0.1, 0.15) is 25.7 Å². The minimum absolute atomic E-state index is 0.273. The second kappa shape index (κ2) is 5.34. The van der Waals surface area contributed by atoms with Gasteiger partial charge in [0.15, 0.2) is 0 Å². The molecule has 1 fully saturated rings. The average Bonchev–Trinajstić information content (AvgIpc) is 2.62. The predicted octanol–water partition coefficient (Wildman–Crippen LogP) is 1.35. The van der Waals surface area contributed by atoms with Gasteiger partial charge in [0.05, 0.1) is 0 Å². The fourth-order valence-corrected chi connectivity index (χ4v) is 10.2. The Balaban J connectivity index is 2.00. The van der Waals surface area contributed by atoms with Crippen molar-refractivity contribution in [3.63, 3.8) is 0 Å². The van der Waals surface area contributed by atoms with Gasteiger partial charge in [0, 0.05) is 0 Å². The first-order valence-electron chi connectivity index (χ1n) is 7.12. The van der Waals surface area contributed by atoms with Crippen molar-refractivity contribution < 1.29 is 16.1 Å². The predicted molar refractivity (Wildman–Crippen MR) is 77.7 cm³/mol. The van der Waals surface area contributed by atoms with Gasteiger partial charge in [-0.1, -0.05) is 0 Å². The molecule has 5 nitrogen and oxygen atoms in total. The minimum atomic E-state index is -5.11. The fraction of sp³-hybridized carbons (Fsp3) is 0.643. The summed E-state index contributed by atoms with van der Waals surface area (Å²) in [5, 5.41) is 13.4. The SMILES string of the molecule is O=C1N[C@H]2C(CCCl)=C[Te](=O)(=O)[C@@]12[C@@H](O)[C@@H]1C=CCCC1. The van der Waals surface area contributed by atoms with Gasteiger partial charge in [-0.3, -0.25) is 0 Å². The Morgan fingerprint density at radius 1 is 1.52 bits per heavy atom. The van der Waals surface area contributed by atoms with Crippen molar-refractivity contribution in [3.05, 3.63) is 21.8 Å². The number of nitrogens with one attached hydrogen (secondary N) is 1. The Kier molecular flexibility index (Phi) is 3.94. The number of amides is 1. The van der Waals surface area contributed by atoms with Gasteiger partial charge in [-0.2, -0.15) is 0 Å². The van der Waals surface area contributed by atoms with Crippen LogP contribution < -0.4 is 5.32 Å². The molecule has 0 spiro atoms. The number of hydrogen-bond donors (Lipinski definition) is 2. The monoisotopic (exact) mass is 429 g/mol. The number of β-lactam (4-membered cyclic amide) rings is 1. The molecule has 116 valence electrons. The van der Waals surface area contributed by atoms with Crippen LogP contribution in [0.25, 0.3) is 0 Å². The number of rotatable bonds is 4. The molecule has 0 radical (unpaired) electrons. The summed E-state index contributed by atoms with van der Waals surface area (Å²) in [6.45, 7) is 0. The van der Waals surface area contributed by atoms with E-state index in [2.05, 4.69) is 5.32 Å². The molecule has 3 aliphatic rings. The van der Waals surface area contributed by atoms with Crippen molar-refractivity contribution in [2.75, 3.05) is 5.88 Å². The van der Waals surface area contributed by atoms with Crippen molar-refractivity contribution in [2.45, 2.75) is 41.3 Å². The summed E-state index contributed by atoms with van der Waals surface area (Å²) in [4.78, 5) is 12.2. The van der Waals surface area contributed by atoms with E-state index < -0.39 is 39.7 Å². The summed E-state index contributed by atoms with van der Waals surface area (Å²) in [7, 11) is 0. The van der Waals surface area contributed by atoms with Crippen molar-refractivity contribution in [1.82, 2.24) is 5.32 Å². The first-order valence-corrected chi connectivity index (χ1v) is 12.1. The summed E-state index contributed by atoms with van der Waals surface area (Å²) in [5.74, 6) is -0.525. The number of carbonyl (C=O) groups excluding carboxylic acids is 1. The zero-order valence-corrected chi connectivity index (χ0v) is 14.5. The van der Waals surface area contributed by atoms with E-state index in [0.717, 1.165) is 12.8 Å². The average molecular weight is 427 g/mol. The summed E-state index contributed by atoms with van der Waals surface area (Å²) < 4.78 is 24.9. The van der Waals surface area contributed by atoms with E-state index in [-0.39, 0.29) is 5.92 Å². The molecule has 0 aromatic heterocycles. The van der Waals surface area contributed by atoms with Crippen molar-refractivity contribution >= 4 is 35.7 Å². The molecule has 2 heterocycles. The quantitative estimate of drug-likeness (QED) is 0.307. The standard InChI is InChI=1S/C14H18ClNO4Te/c15-7-6-10-8-21(19,20)14(11(10)16-13(14)18)12(17)9-4-2-1-3-5-9/h2,4,8-9,11-12,17H,1,3,5-7H2,(H,16,18)/t9-,11+,12+,14+/m1/s1. The van der Waals surface area contributed by atoms with Crippen molar-refractivity contribution in [2.24, 2.45) is 5.92 Å². The molecule has 0 saturated carbocycles. The van der Waals surface area contributed by atoms with Gasteiger partial charge in [-0.25, -0.2) is 0 Å². The third-order valence-corrected chi connectivity index (χ3v) is 11.2. The number of carbonyl (C=O) groups is 1. The number of halogens is 1. The maximum atomic E-state index is 12.7. The molecule has 1 amide bonds. The van der Waals surface area contributed by atoms with Gasteiger partial charge in [-0.05, 0) is 0 Å². The van der Waals surface area contributed by atoms with Crippen molar-refractivity contribution in [1.29, 1.82) is 0 Å². The number of aliphatic hydroxyl groups is 1. The van der Waals surface area contributed by atoms with Gasteiger partial charge in [0.25, 0.3) is 0 Å². The number of fused-ring (bicyclic) bond motifs is 1. The summed E-state index contributed by atoms with van der Waals surface area (Å²) in [6.07, 6.45) is 5.59. The number of aliphatic hydroxyl groups excluding tert-OH is 1. The topological polar surface area (TPSA) is 83.5 Å². The molecule has 21 heavy (non-hydrogen) atoms. The molecule has 0 bridgehead atoms. The second-order valence-corrected chi connectivity index (χ2v) is 11.9. The van der Waals surface area contributed by atoms with E-state index in [4.69, 9.17) is 11.6 Å². The molecule has 2 aliphatic heterocycles. The van der Waals surface area contributed by atoms with E-state index >= 15 is 0 Å². The Morgan fingerprint density at radius 2 is 2.29 bits per heavy atom. The normalized spacial score (nSPS) is 38.2. The van der Waals surface area contributed by atoms with Crippen LogP contribution in [0.15, 0.2) is 21.8 Å². The molecule has 4 atom stereocenters. The molecule has 7 heteroatoms. The van der Waals surface area contributed by atoms with E-state index in [1.54, 1.807) is 0 Å². The van der Waals surface area contributed by atoms with Crippen LogP contribution in [0.3, 0.4) is 0 Å². The fourth-order valence-electron chi connectivity index (χ4n) is 3.64. The molecule has 0 aromatic carbocycles. The van der Waals surface area contributed by atoms with Gasteiger partial charge in [-0.15, -0.1) is 0 Å². The third kappa shape index (κ3) is 2.03. The summed E-state index contributed by atoms with van der Waals surface area (Å²) in [5.41, 5.74) is 0.634. The molecule has 2 N–H and O–H groups in total. The molecule has 1 aliphatic carbocycles. The first-order chi connectivity index (χ1) is 9.95. The van der Waals surface area contributed by atoms with Gasteiger partial charge < -0.3 is 0 Å². The van der Waals surface area contributed by atoms with E-state index in [1.165, 1.54) is 4.12 Å². The first kappa shape index (κ1) is 15.5. The van der Waals surface area contributed by atoms with E-state index in [0.29, 0.717) is 24.3 Å². The Labute approximate surface area is 132 Å². The number of hydrogen-bond acceptors (Lipinski definition) is 4. The van der Waals surface area contributed by atoms with Crippen LogP contribution in [0, 0.1) is 5.92 Å². The van der Waals surface area contributed by atoms with Crippen LogP contribution in [-0.4, -0.2) is 47.2 Å². The maximum absolute atomic E-state index is 12.7. The molecule has 0 aromatic rings. The van der Waals surface area contributed by atoms with Gasteiger partial charge in [0.2, 0.25) is 0 Å². The molecular formula is C14H18ClNO4Te. The molecular weight excluding hydrogens is 409 g/mol. The van der Waals surface area contributed by atoms with Crippen LogP contribution in [0.2, 0.25) is 3.46 Å². The van der Waals surface area contributed by atoms with Crippen molar-refractivity contribution in [3.8, 4) is 0 Å².